The lowest BCUT2D eigenvalue weighted by atomic mass is 9.97. The average Bonchev–Trinajstić information content (AvgIpc) is 2.98. The van der Waals surface area contributed by atoms with Gasteiger partial charge in [0.2, 0.25) is 0 Å². The number of benzene rings is 1. The average molecular weight is 337 g/mol. The highest BCUT2D eigenvalue weighted by molar-refractivity contribution is 5.99. The van der Waals surface area contributed by atoms with Crippen molar-refractivity contribution in [1.29, 1.82) is 0 Å². The van der Waals surface area contributed by atoms with E-state index in [4.69, 9.17) is 4.74 Å². The van der Waals surface area contributed by atoms with Crippen LogP contribution in [0.5, 0.6) is 5.75 Å². The van der Waals surface area contributed by atoms with Gasteiger partial charge in [0.25, 0.3) is 5.91 Å². The Morgan fingerprint density at radius 1 is 1.24 bits per heavy atom. The Kier molecular flexibility index (Phi) is 3.63. The van der Waals surface area contributed by atoms with Crippen molar-refractivity contribution in [2.75, 3.05) is 20.2 Å². The molecule has 0 unspecified atom stereocenters. The first kappa shape index (κ1) is 15.6. The van der Waals surface area contributed by atoms with Crippen molar-refractivity contribution in [2.24, 2.45) is 0 Å². The maximum Gasteiger partial charge on any atom is 0.255 e. The normalized spacial score (nSPS) is 14.6. The van der Waals surface area contributed by atoms with Crippen molar-refractivity contribution in [2.45, 2.75) is 19.8 Å². The molecule has 25 heavy (non-hydrogen) atoms. The number of nitrogens with zero attached hydrogens (tertiary/aromatic N) is 4. The van der Waals surface area contributed by atoms with Crippen molar-refractivity contribution >= 4 is 16.8 Å². The zero-order valence-electron chi connectivity index (χ0n) is 14.4. The van der Waals surface area contributed by atoms with Gasteiger partial charge in [-0.2, -0.15) is 5.10 Å². The summed E-state index contributed by atoms with van der Waals surface area (Å²) in [7, 11) is 1.63. The van der Waals surface area contributed by atoms with Gasteiger partial charge in [-0.1, -0.05) is 0 Å². The van der Waals surface area contributed by atoms with Gasteiger partial charge in [-0.3, -0.25) is 14.9 Å². The SMILES string of the molecule is COc1ccc2cc(C(=O)N3CC(c4n[nH]c(C)n4)C3)c(C)nc2c1. The first-order valence-electron chi connectivity index (χ1n) is 8.18. The summed E-state index contributed by atoms with van der Waals surface area (Å²) in [6, 6.07) is 7.58. The number of hydrogen-bond acceptors (Lipinski definition) is 5. The molecule has 7 nitrogen and oxygen atoms in total. The van der Waals surface area contributed by atoms with Gasteiger partial charge in [0.15, 0.2) is 5.82 Å². The number of rotatable bonds is 3. The minimum Gasteiger partial charge on any atom is -0.497 e. The van der Waals surface area contributed by atoms with Gasteiger partial charge in [-0.25, -0.2) is 4.98 Å². The van der Waals surface area contributed by atoms with E-state index >= 15 is 0 Å². The molecule has 0 atom stereocenters. The number of carbonyl (C=O) groups excluding carboxylic acids is 1. The molecule has 2 aromatic heterocycles. The van der Waals surface area contributed by atoms with Gasteiger partial charge in [-0.05, 0) is 32.0 Å². The summed E-state index contributed by atoms with van der Waals surface area (Å²) in [4.78, 5) is 23.5. The number of aryl methyl sites for hydroxylation is 2. The van der Waals surface area contributed by atoms with Gasteiger partial charge in [0.05, 0.1) is 29.8 Å². The van der Waals surface area contributed by atoms with Crippen LogP contribution in [0.3, 0.4) is 0 Å². The van der Waals surface area contributed by atoms with Crippen LogP contribution in [-0.2, 0) is 0 Å². The predicted octanol–water partition coefficient (Wildman–Crippen LogP) is 2.22. The van der Waals surface area contributed by atoms with Gasteiger partial charge in [0.1, 0.15) is 11.6 Å². The second-order valence-electron chi connectivity index (χ2n) is 6.37. The summed E-state index contributed by atoms with van der Waals surface area (Å²) in [5.74, 6) is 2.54. The number of aromatic amines is 1. The Hall–Kier alpha value is -2.96. The van der Waals surface area contributed by atoms with Crippen molar-refractivity contribution < 1.29 is 9.53 Å². The van der Waals surface area contributed by atoms with Crippen LogP contribution >= 0.6 is 0 Å². The molecule has 0 bridgehead atoms. The molecule has 0 spiro atoms. The number of likely N-dealkylation sites (tertiary alicyclic amines) is 1. The van der Waals surface area contributed by atoms with E-state index < -0.39 is 0 Å². The van der Waals surface area contributed by atoms with E-state index in [9.17, 15) is 4.79 Å². The molecule has 1 N–H and O–H groups in total. The third kappa shape index (κ3) is 2.71. The Bertz CT molecular complexity index is 959. The summed E-state index contributed by atoms with van der Waals surface area (Å²) in [6.45, 7) is 5.01. The fourth-order valence-electron chi connectivity index (χ4n) is 3.11. The molecule has 1 fully saturated rings. The number of hydrogen-bond donors (Lipinski definition) is 1. The molecular weight excluding hydrogens is 318 g/mol. The molecule has 1 amide bonds. The van der Waals surface area contributed by atoms with Crippen LogP contribution in [0.15, 0.2) is 24.3 Å². The fraction of sp³-hybridized carbons (Fsp3) is 0.333. The number of H-pyrrole nitrogens is 1. The second-order valence-corrected chi connectivity index (χ2v) is 6.37. The first-order valence-corrected chi connectivity index (χ1v) is 8.18. The smallest absolute Gasteiger partial charge is 0.255 e. The summed E-state index contributed by atoms with van der Waals surface area (Å²) in [6.07, 6.45) is 0. The molecule has 7 heteroatoms. The minimum absolute atomic E-state index is 0.00576. The molecule has 0 saturated carbocycles. The van der Waals surface area contributed by atoms with Crippen LogP contribution in [0.1, 0.15) is 33.6 Å². The molecule has 128 valence electrons. The summed E-state index contributed by atoms with van der Waals surface area (Å²) >= 11 is 0. The topological polar surface area (TPSA) is 84.0 Å². The molecule has 0 radical (unpaired) electrons. The standard InChI is InChI=1S/C18H19N5O2/c1-10-15(6-12-4-5-14(25-3)7-16(12)19-10)18(24)23-8-13(9-23)17-20-11(2)21-22-17/h4-7,13H,8-9H2,1-3H3,(H,20,21,22). The van der Waals surface area contributed by atoms with Crippen LogP contribution in [0.2, 0.25) is 0 Å². The molecule has 1 aliphatic heterocycles. The predicted molar refractivity (Wildman–Crippen MR) is 92.8 cm³/mol. The van der Waals surface area contributed by atoms with Crippen LogP contribution in [-0.4, -0.2) is 51.2 Å². The quantitative estimate of drug-likeness (QED) is 0.792. The van der Waals surface area contributed by atoms with E-state index in [2.05, 4.69) is 20.2 Å². The highest BCUT2D eigenvalue weighted by Gasteiger charge is 2.35. The molecule has 1 aliphatic rings. The number of ether oxygens (including phenoxy) is 1. The molecular formula is C18H19N5O2. The van der Waals surface area contributed by atoms with Gasteiger partial charge in [0, 0.05) is 24.5 Å². The largest absolute Gasteiger partial charge is 0.497 e. The van der Waals surface area contributed by atoms with Crippen LogP contribution in [0, 0.1) is 13.8 Å². The molecule has 1 saturated heterocycles. The summed E-state index contributed by atoms with van der Waals surface area (Å²) < 4.78 is 5.23. The summed E-state index contributed by atoms with van der Waals surface area (Å²) in [5.41, 5.74) is 2.19. The lowest BCUT2D eigenvalue weighted by Gasteiger charge is -2.37. The molecule has 3 heterocycles. The van der Waals surface area contributed by atoms with Crippen molar-refractivity contribution in [3.8, 4) is 5.75 Å². The maximum absolute atomic E-state index is 12.8. The van der Waals surface area contributed by atoms with E-state index in [0.29, 0.717) is 18.7 Å². The first-order chi connectivity index (χ1) is 12.0. The summed E-state index contributed by atoms with van der Waals surface area (Å²) in [5, 5.41) is 7.96. The molecule has 1 aromatic carbocycles. The number of amides is 1. The van der Waals surface area contributed by atoms with Gasteiger partial charge >= 0.3 is 0 Å². The Balaban J connectivity index is 1.55. The Morgan fingerprint density at radius 2 is 2.04 bits per heavy atom. The van der Waals surface area contributed by atoms with E-state index in [1.165, 1.54) is 0 Å². The molecule has 0 aliphatic carbocycles. The Labute approximate surface area is 145 Å². The van der Waals surface area contributed by atoms with Crippen LogP contribution < -0.4 is 4.74 Å². The van der Waals surface area contributed by atoms with Gasteiger partial charge < -0.3 is 9.64 Å². The Morgan fingerprint density at radius 3 is 2.72 bits per heavy atom. The fourth-order valence-corrected chi connectivity index (χ4v) is 3.11. The number of methoxy groups -OCH3 is 1. The highest BCUT2D eigenvalue weighted by atomic mass is 16.5. The number of carbonyl (C=O) groups is 1. The molecule has 4 rings (SSSR count). The maximum atomic E-state index is 12.8. The van der Waals surface area contributed by atoms with E-state index in [-0.39, 0.29) is 11.8 Å². The number of aromatic nitrogens is 4. The van der Waals surface area contributed by atoms with Crippen molar-refractivity contribution in [1.82, 2.24) is 25.1 Å². The lowest BCUT2D eigenvalue weighted by molar-refractivity contribution is 0.0594. The third-order valence-electron chi connectivity index (χ3n) is 4.59. The minimum atomic E-state index is 0.00576. The lowest BCUT2D eigenvalue weighted by Crippen LogP contribution is -2.49. The third-order valence-corrected chi connectivity index (χ3v) is 4.59. The van der Waals surface area contributed by atoms with Crippen LogP contribution in [0.25, 0.3) is 10.9 Å². The zero-order chi connectivity index (χ0) is 17.6. The van der Waals surface area contributed by atoms with E-state index in [1.54, 1.807) is 7.11 Å². The van der Waals surface area contributed by atoms with E-state index in [0.717, 1.165) is 34.0 Å². The number of fused-ring (bicyclic) bond motifs is 1. The zero-order valence-corrected chi connectivity index (χ0v) is 14.4. The number of pyridine rings is 1. The highest BCUT2D eigenvalue weighted by Crippen LogP contribution is 2.28. The van der Waals surface area contributed by atoms with Crippen molar-refractivity contribution in [3.05, 3.63) is 47.2 Å². The number of nitrogens with one attached hydrogen (secondary N) is 1. The molecule has 3 aromatic rings. The van der Waals surface area contributed by atoms with Crippen molar-refractivity contribution in [3.63, 3.8) is 0 Å². The van der Waals surface area contributed by atoms with E-state index in [1.807, 2.05) is 43.0 Å². The van der Waals surface area contributed by atoms with Gasteiger partial charge in [-0.15, -0.1) is 0 Å². The second kappa shape index (κ2) is 5.84. The van der Waals surface area contributed by atoms with Crippen LogP contribution in [0.4, 0.5) is 0 Å². The monoisotopic (exact) mass is 337 g/mol.